The van der Waals surface area contributed by atoms with Crippen LogP contribution in [0, 0.1) is 0 Å². The minimum Gasteiger partial charge on any atom is -0.368 e. The maximum absolute atomic E-state index is 12.2. The molecule has 2 amide bonds. The van der Waals surface area contributed by atoms with Crippen molar-refractivity contribution < 1.29 is 9.59 Å². The molecular weight excluding hydrogens is 242 g/mol. The Balaban J connectivity index is 2.35. The summed E-state index contributed by atoms with van der Waals surface area (Å²) in [7, 11) is 0. The first kappa shape index (κ1) is 16.0. The van der Waals surface area contributed by atoms with Gasteiger partial charge >= 0.3 is 0 Å². The smallest absolute Gasteiger partial charge is 0.237 e. The lowest BCUT2D eigenvalue weighted by Gasteiger charge is -2.27. The third-order valence-electron chi connectivity index (χ3n) is 3.76. The zero-order valence-electron chi connectivity index (χ0n) is 11.8. The molecule has 0 spiro atoms. The standard InChI is InChI=1S/C14H27N3O2/c15-10-6-2-1-3-9-14(19)17(11-13(16)18)12-7-4-5-8-12/h12H,1-11,15H2,(H2,16,18). The Kier molecular flexibility index (Phi) is 7.48. The van der Waals surface area contributed by atoms with Crippen LogP contribution in [0.4, 0.5) is 0 Å². The van der Waals surface area contributed by atoms with Crippen LogP contribution in [0.25, 0.3) is 0 Å². The topological polar surface area (TPSA) is 89.4 Å². The van der Waals surface area contributed by atoms with Crippen molar-refractivity contribution in [3.63, 3.8) is 0 Å². The summed E-state index contributed by atoms with van der Waals surface area (Å²) in [6.07, 6.45) is 8.81. The van der Waals surface area contributed by atoms with Crippen molar-refractivity contribution in [2.45, 2.75) is 63.8 Å². The number of amides is 2. The van der Waals surface area contributed by atoms with Gasteiger partial charge in [0.25, 0.3) is 0 Å². The van der Waals surface area contributed by atoms with Crippen molar-refractivity contribution in [3.05, 3.63) is 0 Å². The molecule has 1 aliphatic rings. The lowest BCUT2D eigenvalue weighted by Crippen LogP contribution is -2.44. The minimum absolute atomic E-state index is 0.0757. The van der Waals surface area contributed by atoms with E-state index in [2.05, 4.69) is 0 Å². The molecule has 0 aromatic carbocycles. The molecule has 0 unspecified atom stereocenters. The van der Waals surface area contributed by atoms with E-state index < -0.39 is 5.91 Å². The Hall–Kier alpha value is -1.10. The third kappa shape index (κ3) is 6.05. The predicted molar refractivity (Wildman–Crippen MR) is 75.3 cm³/mol. The van der Waals surface area contributed by atoms with Crippen LogP contribution in [-0.4, -0.2) is 35.8 Å². The number of carbonyl (C=O) groups excluding carboxylic acids is 2. The number of hydrogen-bond donors (Lipinski definition) is 2. The van der Waals surface area contributed by atoms with Gasteiger partial charge in [-0.3, -0.25) is 9.59 Å². The number of primary amides is 1. The molecule has 110 valence electrons. The van der Waals surface area contributed by atoms with Crippen LogP contribution < -0.4 is 11.5 Å². The summed E-state index contributed by atoms with van der Waals surface area (Å²) in [5.74, 6) is -0.332. The van der Waals surface area contributed by atoms with Gasteiger partial charge in [0.1, 0.15) is 0 Å². The molecule has 0 saturated heterocycles. The van der Waals surface area contributed by atoms with Crippen molar-refractivity contribution in [2.75, 3.05) is 13.1 Å². The number of unbranched alkanes of at least 4 members (excludes halogenated alkanes) is 3. The average molecular weight is 269 g/mol. The van der Waals surface area contributed by atoms with Crippen molar-refractivity contribution in [2.24, 2.45) is 11.5 Å². The molecule has 5 heteroatoms. The first-order chi connectivity index (χ1) is 9.15. The van der Waals surface area contributed by atoms with Crippen molar-refractivity contribution in [3.8, 4) is 0 Å². The SMILES string of the molecule is NCCCCCCC(=O)N(CC(N)=O)C1CCCC1. The summed E-state index contributed by atoms with van der Waals surface area (Å²) in [5.41, 5.74) is 10.7. The molecule has 1 aliphatic carbocycles. The largest absolute Gasteiger partial charge is 0.368 e. The van der Waals surface area contributed by atoms with Gasteiger partial charge < -0.3 is 16.4 Å². The number of nitrogens with zero attached hydrogens (tertiary/aromatic N) is 1. The summed E-state index contributed by atoms with van der Waals surface area (Å²) in [6, 6.07) is 0.226. The highest BCUT2D eigenvalue weighted by Gasteiger charge is 2.27. The number of nitrogens with two attached hydrogens (primary N) is 2. The molecule has 0 heterocycles. The second-order valence-corrected chi connectivity index (χ2v) is 5.38. The molecule has 0 bridgehead atoms. The zero-order valence-corrected chi connectivity index (χ0v) is 11.8. The van der Waals surface area contributed by atoms with Gasteiger partial charge in [-0.15, -0.1) is 0 Å². The first-order valence-electron chi connectivity index (χ1n) is 7.43. The Bertz CT molecular complexity index is 288. The third-order valence-corrected chi connectivity index (χ3v) is 3.76. The minimum atomic E-state index is -0.414. The van der Waals surface area contributed by atoms with Gasteiger partial charge in [0, 0.05) is 12.5 Å². The van der Waals surface area contributed by atoms with E-state index in [0.717, 1.165) is 51.4 Å². The lowest BCUT2D eigenvalue weighted by molar-refractivity contribution is -0.137. The van der Waals surface area contributed by atoms with Gasteiger partial charge in [-0.05, 0) is 32.2 Å². The van der Waals surface area contributed by atoms with E-state index >= 15 is 0 Å². The number of rotatable bonds is 9. The monoisotopic (exact) mass is 269 g/mol. The normalized spacial score (nSPS) is 15.6. The number of hydrogen-bond acceptors (Lipinski definition) is 3. The fourth-order valence-electron chi connectivity index (χ4n) is 2.72. The van der Waals surface area contributed by atoms with E-state index in [9.17, 15) is 9.59 Å². The summed E-state index contributed by atoms with van der Waals surface area (Å²) in [5, 5.41) is 0. The Morgan fingerprint density at radius 1 is 1.05 bits per heavy atom. The van der Waals surface area contributed by atoms with Gasteiger partial charge in [0.15, 0.2) is 0 Å². The Morgan fingerprint density at radius 3 is 2.26 bits per heavy atom. The first-order valence-corrected chi connectivity index (χ1v) is 7.43. The van der Waals surface area contributed by atoms with Gasteiger partial charge in [-0.2, -0.15) is 0 Å². The average Bonchev–Trinajstić information content (AvgIpc) is 2.89. The van der Waals surface area contributed by atoms with Crippen LogP contribution in [0.2, 0.25) is 0 Å². The molecule has 0 aliphatic heterocycles. The van der Waals surface area contributed by atoms with Crippen LogP contribution in [0.5, 0.6) is 0 Å². The van der Waals surface area contributed by atoms with E-state index in [-0.39, 0.29) is 18.5 Å². The molecule has 1 fully saturated rings. The van der Waals surface area contributed by atoms with Crippen LogP contribution in [0.3, 0.4) is 0 Å². The predicted octanol–water partition coefficient (Wildman–Crippen LogP) is 1.15. The summed E-state index contributed by atoms with van der Waals surface area (Å²) < 4.78 is 0. The highest BCUT2D eigenvalue weighted by Crippen LogP contribution is 2.24. The molecular formula is C14H27N3O2. The van der Waals surface area contributed by atoms with E-state index in [1.165, 1.54) is 0 Å². The second-order valence-electron chi connectivity index (χ2n) is 5.38. The molecule has 0 aromatic heterocycles. The fourth-order valence-corrected chi connectivity index (χ4v) is 2.72. The Labute approximate surface area is 115 Å². The summed E-state index contributed by atoms with van der Waals surface area (Å²) >= 11 is 0. The zero-order chi connectivity index (χ0) is 14.1. The lowest BCUT2D eigenvalue weighted by atomic mass is 10.1. The molecule has 19 heavy (non-hydrogen) atoms. The maximum atomic E-state index is 12.2. The van der Waals surface area contributed by atoms with E-state index in [1.54, 1.807) is 4.90 Å². The van der Waals surface area contributed by atoms with Gasteiger partial charge in [-0.25, -0.2) is 0 Å². The molecule has 0 atom stereocenters. The van der Waals surface area contributed by atoms with E-state index in [4.69, 9.17) is 11.5 Å². The van der Waals surface area contributed by atoms with Crippen LogP contribution in [-0.2, 0) is 9.59 Å². The fraction of sp³-hybridized carbons (Fsp3) is 0.857. The van der Waals surface area contributed by atoms with E-state index in [0.29, 0.717) is 13.0 Å². The van der Waals surface area contributed by atoms with Crippen LogP contribution in [0.1, 0.15) is 57.8 Å². The highest BCUT2D eigenvalue weighted by atomic mass is 16.2. The summed E-state index contributed by atoms with van der Waals surface area (Å²) in [4.78, 5) is 25.0. The molecule has 0 radical (unpaired) electrons. The molecule has 1 saturated carbocycles. The van der Waals surface area contributed by atoms with Gasteiger partial charge in [-0.1, -0.05) is 25.7 Å². The highest BCUT2D eigenvalue weighted by molar-refractivity contribution is 5.84. The second kappa shape index (κ2) is 8.91. The van der Waals surface area contributed by atoms with Crippen LogP contribution >= 0.6 is 0 Å². The number of carbonyl (C=O) groups is 2. The van der Waals surface area contributed by atoms with Gasteiger partial charge in [0.2, 0.25) is 11.8 Å². The molecule has 5 nitrogen and oxygen atoms in total. The quantitative estimate of drug-likeness (QED) is 0.615. The van der Waals surface area contributed by atoms with Crippen molar-refractivity contribution in [1.29, 1.82) is 0 Å². The molecule has 0 aromatic rings. The van der Waals surface area contributed by atoms with Gasteiger partial charge in [0.05, 0.1) is 6.54 Å². The summed E-state index contributed by atoms with van der Waals surface area (Å²) in [6.45, 7) is 0.788. The Morgan fingerprint density at radius 2 is 1.68 bits per heavy atom. The van der Waals surface area contributed by atoms with Crippen LogP contribution in [0.15, 0.2) is 0 Å². The van der Waals surface area contributed by atoms with E-state index in [1.807, 2.05) is 0 Å². The molecule has 4 N–H and O–H groups in total. The van der Waals surface area contributed by atoms with Crippen molar-refractivity contribution >= 4 is 11.8 Å². The maximum Gasteiger partial charge on any atom is 0.237 e. The molecule has 1 rings (SSSR count). The van der Waals surface area contributed by atoms with Crippen molar-refractivity contribution in [1.82, 2.24) is 4.90 Å².